The van der Waals surface area contributed by atoms with E-state index >= 15 is 0 Å². The van der Waals surface area contributed by atoms with Crippen LogP contribution in [0.1, 0.15) is 25.7 Å². The first-order valence-corrected chi connectivity index (χ1v) is 4.14. The van der Waals surface area contributed by atoms with Crippen LogP contribution in [0.4, 0.5) is 0 Å². The van der Waals surface area contributed by atoms with E-state index in [2.05, 4.69) is 10.2 Å². The zero-order valence-electron chi connectivity index (χ0n) is 7.32. The number of rotatable bonds is 9. The summed E-state index contributed by atoms with van der Waals surface area (Å²) in [5.41, 5.74) is 0. The molecule has 6 nitrogen and oxygen atoms in total. The van der Waals surface area contributed by atoms with E-state index < -0.39 is 5.09 Å². The molecular formula is C7H13N2O4. The van der Waals surface area contributed by atoms with Gasteiger partial charge in [0.25, 0.3) is 5.09 Å². The molecule has 1 N–H and O–H groups in total. The molecule has 0 bridgehead atoms. The van der Waals surface area contributed by atoms with Crippen LogP contribution in [0.15, 0.2) is 0 Å². The molecule has 0 rings (SSSR count). The molecule has 0 atom stereocenters. The average Bonchev–Trinajstić information content (AvgIpc) is 2.09. The quantitative estimate of drug-likeness (QED) is 0.246. The maximum atomic E-state index is 9.70. The number of amides is 1. The molecule has 0 aromatic heterocycles. The van der Waals surface area contributed by atoms with E-state index in [4.69, 9.17) is 0 Å². The van der Waals surface area contributed by atoms with Gasteiger partial charge in [0.05, 0.1) is 6.61 Å². The molecule has 0 aromatic carbocycles. The highest BCUT2D eigenvalue weighted by molar-refractivity contribution is 5.46. The molecule has 0 aliphatic rings. The molecule has 0 fully saturated rings. The van der Waals surface area contributed by atoms with Crippen molar-refractivity contribution in [2.75, 3.05) is 13.2 Å². The van der Waals surface area contributed by atoms with Gasteiger partial charge in [-0.25, -0.2) is 0 Å². The molecule has 0 spiro atoms. The summed E-state index contributed by atoms with van der Waals surface area (Å²) < 4.78 is 0. The average molecular weight is 189 g/mol. The number of hydrogen-bond acceptors (Lipinski definition) is 4. The van der Waals surface area contributed by atoms with E-state index in [0.29, 0.717) is 13.0 Å². The Bertz CT molecular complexity index is 151. The summed E-state index contributed by atoms with van der Waals surface area (Å²) in [5, 5.41) is 11.3. The third-order valence-corrected chi connectivity index (χ3v) is 1.46. The fraction of sp³-hybridized carbons (Fsp3) is 0.857. The second kappa shape index (κ2) is 8.76. The fourth-order valence-electron chi connectivity index (χ4n) is 0.859. The van der Waals surface area contributed by atoms with Crippen molar-refractivity contribution < 1.29 is 14.7 Å². The number of hydrogen-bond donors (Lipinski definition) is 1. The largest absolute Gasteiger partial charge is 0.348 e. The van der Waals surface area contributed by atoms with Crippen molar-refractivity contribution in [2.24, 2.45) is 0 Å². The van der Waals surface area contributed by atoms with Crippen LogP contribution < -0.4 is 5.32 Å². The lowest BCUT2D eigenvalue weighted by Gasteiger charge is -1.99. The SMILES string of the molecule is O=[C]NCCCCCCO[N+](=O)[O-]. The van der Waals surface area contributed by atoms with Crippen LogP contribution in [0, 0.1) is 10.1 Å². The Hall–Kier alpha value is -1.33. The zero-order valence-corrected chi connectivity index (χ0v) is 7.32. The van der Waals surface area contributed by atoms with Crippen LogP contribution in [0.2, 0.25) is 0 Å². The van der Waals surface area contributed by atoms with Crippen molar-refractivity contribution in [3.63, 3.8) is 0 Å². The Morgan fingerprint density at radius 3 is 2.62 bits per heavy atom. The normalized spacial score (nSPS) is 9.23. The van der Waals surface area contributed by atoms with Gasteiger partial charge < -0.3 is 10.2 Å². The van der Waals surface area contributed by atoms with Crippen LogP contribution in [0.25, 0.3) is 0 Å². The topological polar surface area (TPSA) is 81.5 Å². The van der Waals surface area contributed by atoms with Crippen molar-refractivity contribution in [2.45, 2.75) is 25.7 Å². The van der Waals surface area contributed by atoms with E-state index in [1.165, 1.54) is 0 Å². The Kier molecular flexibility index (Phi) is 7.87. The second-order valence-electron chi connectivity index (χ2n) is 2.50. The van der Waals surface area contributed by atoms with E-state index in [1.807, 2.05) is 0 Å². The monoisotopic (exact) mass is 189 g/mol. The molecule has 75 valence electrons. The molecule has 0 heterocycles. The molecule has 1 radical (unpaired) electrons. The maximum absolute atomic E-state index is 9.70. The Labute approximate surface area is 76.4 Å². The van der Waals surface area contributed by atoms with Gasteiger partial charge >= 0.3 is 6.41 Å². The zero-order chi connectivity index (χ0) is 9.94. The summed E-state index contributed by atoms with van der Waals surface area (Å²) in [4.78, 5) is 23.5. The van der Waals surface area contributed by atoms with Gasteiger partial charge in [-0.2, -0.15) is 0 Å². The van der Waals surface area contributed by atoms with E-state index in [9.17, 15) is 14.9 Å². The van der Waals surface area contributed by atoms with Gasteiger partial charge in [0, 0.05) is 6.54 Å². The van der Waals surface area contributed by atoms with Crippen molar-refractivity contribution in [3.8, 4) is 0 Å². The number of nitrogens with one attached hydrogen (secondary N) is 1. The van der Waals surface area contributed by atoms with E-state index in [-0.39, 0.29) is 6.61 Å². The van der Waals surface area contributed by atoms with Gasteiger partial charge in [-0.1, -0.05) is 12.8 Å². The van der Waals surface area contributed by atoms with Crippen molar-refractivity contribution in [3.05, 3.63) is 10.1 Å². The highest BCUT2D eigenvalue weighted by Crippen LogP contribution is 1.98. The highest BCUT2D eigenvalue weighted by Gasteiger charge is 1.94. The van der Waals surface area contributed by atoms with Crippen molar-refractivity contribution in [1.82, 2.24) is 5.32 Å². The van der Waals surface area contributed by atoms with E-state index in [1.54, 1.807) is 6.41 Å². The first-order valence-electron chi connectivity index (χ1n) is 4.14. The molecule has 0 aliphatic heterocycles. The lowest BCUT2D eigenvalue weighted by molar-refractivity contribution is -0.757. The smallest absolute Gasteiger partial charge is 0.309 e. The molecule has 0 unspecified atom stereocenters. The van der Waals surface area contributed by atoms with Crippen molar-refractivity contribution >= 4 is 6.41 Å². The lowest BCUT2D eigenvalue weighted by Crippen LogP contribution is -2.11. The van der Waals surface area contributed by atoms with Crippen molar-refractivity contribution in [1.29, 1.82) is 0 Å². The minimum atomic E-state index is -0.789. The number of nitrogens with zero attached hydrogens (tertiary/aromatic N) is 1. The van der Waals surface area contributed by atoms with Gasteiger partial charge in [-0.3, -0.25) is 4.79 Å². The number of carbonyl (C=O) groups excluding carboxylic acids is 1. The third-order valence-electron chi connectivity index (χ3n) is 1.46. The summed E-state index contributed by atoms with van der Waals surface area (Å²) in [6.07, 6.45) is 4.91. The summed E-state index contributed by atoms with van der Waals surface area (Å²) in [5.74, 6) is 0. The van der Waals surface area contributed by atoms with Crippen LogP contribution in [0.5, 0.6) is 0 Å². The van der Waals surface area contributed by atoms with Gasteiger partial charge in [0.1, 0.15) is 0 Å². The maximum Gasteiger partial charge on any atom is 0.309 e. The fourth-order valence-corrected chi connectivity index (χ4v) is 0.859. The first-order chi connectivity index (χ1) is 6.27. The molecule has 0 saturated carbocycles. The van der Waals surface area contributed by atoms with Gasteiger partial charge in [0.15, 0.2) is 0 Å². The molecule has 0 aliphatic carbocycles. The van der Waals surface area contributed by atoms with Crippen LogP contribution in [-0.4, -0.2) is 24.6 Å². The summed E-state index contributed by atoms with van der Waals surface area (Å²) in [6, 6.07) is 0. The van der Waals surface area contributed by atoms with Crippen LogP contribution >= 0.6 is 0 Å². The van der Waals surface area contributed by atoms with E-state index in [0.717, 1.165) is 19.3 Å². The molecule has 6 heteroatoms. The van der Waals surface area contributed by atoms with Gasteiger partial charge in [-0.15, -0.1) is 10.1 Å². The Morgan fingerprint density at radius 2 is 2.00 bits per heavy atom. The third kappa shape index (κ3) is 10.7. The highest BCUT2D eigenvalue weighted by atomic mass is 16.9. The predicted octanol–water partition coefficient (Wildman–Crippen LogP) is 0.412. The lowest BCUT2D eigenvalue weighted by atomic mass is 10.2. The molecule has 0 aromatic rings. The standard InChI is InChI=1S/C7H13N2O4/c10-7-8-5-3-1-2-4-6-13-9(11)12/h1-6H2,(H,8,10). The summed E-state index contributed by atoms with van der Waals surface area (Å²) in [6.45, 7) is 0.764. The minimum Gasteiger partial charge on any atom is -0.348 e. The van der Waals surface area contributed by atoms with Crippen LogP contribution in [0.3, 0.4) is 0 Å². The molecule has 13 heavy (non-hydrogen) atoms. The Morgan fingerprint density at radius 1 is 1.31 bits per heavy atom. The first kappa shape index (κ1) is 11.7. The van der Waals surface area contributed by atoms with Gasteiger partial charge in [0.2, 0.25) is 0 Å². The van der Waals surface area contributed by atoms with Gasteiger partial charge in [-0.05, 0) is 12.8 Å². The molecule has 1 amide bonds. The summed E-state index contributed by atoms with van der Waals surface area (Å²) in [7, 11) is 0. The molecular weight excluding hydrogens is 176 g/mol. The predicted molar refractivity (Wildman–Crippen MR) is 45.1 cm³/mol. The van der Waals surface area contributed by atoms with Crippen LogP contribution in [-0.2, 0) is 9.63 Å². The second-order valence-corrected chi connectivity index (χ2v) is 2.50. The molecule has 0 saturated heterocycles. The number of unbranched alkanes of at least 4 members (excludes halogenated alkanes) is 3. The summed E-state index contributed by atoms with van der Waals surface area (Å²) >= 11 is 0. The minimum absolute atomic E-state index is 0.153. The Balaban J connectivity index is 2.91.